The molecule has 0 bridgehead atoms. The number of nitrogens with one attached hydrogen (secondary N) is 1. The van der Waals surface area contributed by atoms with Crippen LogP contribution < -0.4 is 5.32 Å². The summed E-state index contributed by atoms with van der Waals surface area (Å²) in [6.45, 7) is 2.07. The monoisotopic (exact) mass is 292 g/mol. The molecule has 5 heteroatoms. The lowest BCUT2D eigenvalue weighted by atomic mass is 9.88. The number of hydrogen-bond acceptors (Lipinski definition) is 4. The molecule has 2 rings (SSSR count). The number of benzene rings is 1. The fourth-order valence-corrected chi connectivity index (χ4v) is 2.69. The number of rotatable bonds is 5. The van der Waals surface area contributed by atoms with E-state index in [1.54, 1.807) is 18.2 Å². The number of ether oxygens (including phenoxy) is 1. The molecule has 1 aromatic rings. The predicted octanol–water partition coefficient (Wildman–Crippen LogP) is 1.16. The quantitative estimate of drug-likeness (QED) is 0.855. The average Bonchev–Trinajstić information content (AvgIpc) is 2.48. The fraction of sp³-hybridized carbons (Fsp3) is 0.562. The number of para-hydroxylation sites is 1. The number of phenols is 1. The van der Waals surface area contributed by atoms with Gasteiger partial charge in [-0.25, -0.2) is 0 Å². The van der Waals surface area contributed by atoms with Crippen LogP contribution in [0.2, 0.25) is 0 Å². The minimum absolute atomic E-state index is 0.0351. The first-order chi connectivity index (χ1) is 10.0. The summed E-state index contributed by atoms with van der Waals surface area (Å²) in [6.07, 6.45) is 2.03. The van der Waals surface area contributed by atoms with Crippen molar-refractivity contribution in [3.05, 3.63) is 29.8 Å². The Labute approximate surface area is 125 Å². The summed E-state index contributed by atoms with van der Waals surface area (Å²) < 4.78 is 5.42. The number of likely N-dealkylation sites (N-methyl/N-ethyl adjacent to an activating group) is 1. The molecule has 1 heterocycles. The lowest BCUT2D eigenvalue weighted by Crippen LogP contribution is -2.55. The first-order valence-corrected chi connectivity index (χ1v) is 7.32. The lowest BCUT2D eigenvalue weighted by molar-refractivity contribution is -0.121. The Morgan fingerprint density at radius 3 is 2.62 bits per heavy atom. The first kappa shape index (κ1) is 15.8. The molecule has 0 radical (unpaired) electrons. The van der Waals surface area contributed by atoms with Gasteiger partial charge in [-0.15, -0.1) is 0 Å². The number of aromatic hydroxyl groups is 1. The second-order valence-electron chi connectivity index (χ2n) is 5.81. The summed E-state index contributed by atoms with van der Waals surface area (Å²) in [7, 11) is 4.08. The Bertz CT molecular complexity index is 482. The van der Waals surface area contributed by atoms with Crippen molar-refractivity contribution in [2.75, 3.05) is 33.9 Å². The smallest absolute Gasteiger partial charge is 0.224 e. The van der Waals surface area contributed by atoms with Crippen LogP contribution in [-0.2, 0) is 16.0 Å². The van der Waals surface area contributed by atoms with Crippen molar-refractivity contribution in [3.8, 4) is 5.75 Å². The van der Waals surface area contributed by atoms with Crippen molar-refractivity contribution in [1.82, 2.24) is 10.2 Å². The predicted molar refractivity (Wildman–Crippen MR) is 81.3 cm³/mol. The molecule has 0 saturated carbocycles. The van der Waals surface area contributed by atoms with Crippen LogP contribution in [0.1, 0.15) is 18.4 Å². The van der Waals surface area contributed by atoms with Crippen molar-refractivity contribution in [2.24, 2.45) is 0 Å². The second-order valence-corrected chi connectivity index (χ2v) is 5.81. The van der Waals surface area contributed by atoms with Crippen LogP contribution >= 0.6 is 0 Å². The maximum Gasteiger partial charge on any atom is 0.224 e. The summed E-state index contributed by atoms with van der Waals surface area (Å²) in [6, 6.07) is 6.94. The van der Waals surface area contributed by atoms with E-state index in [0.717, 1.165) is 26.1 Å². The number of nitrogens with zero attached hydrogens (tertiary/aromatic N) is 1. The first-order valence-electron chi connectivity index (χ1n) is 7.32. The summed E-state index contributed by atoms with van der Waals surface area (Å²) >= 11 is 0. The van der Waals surface area contributed by atoms with Crippen molar-refractivity contribution in [2.45, 2.75) is 24.8 Å². The Kier molecular flexibility index (Phi) is 5.20. The van der Waals surface area contributed by atoms with E-state index in [9.17, 15) is 9.90 Å². The molecule has 1 amide bonds. The Morgan fingerprint density at radius 1 is 1.33 bits per heavy atom. The van der Waals surface area contributed by atoms with Crippen molar-refractivity contribution in [3.63, 3.8) is 0 Å². The highest BCUT2D eigenvalue weighted by Crippen LogP contribution is 2.25. The van der Waals surface area contributed by atoms with Gasteiger partial charge in [0.15, 0.2) is 0 Å². The normalized spacial score (nSPS) is 17.7. The average molecular weight is 292 g/mol. The van der Waals surface area contributed by atoms with E-state index in [1.807, 2.05) is 20.2 Å². The highest BCUT2D eigenvalue weighted by molar-refractivity contribution is 5.79. The van der Waals surface area contributed by atoms with E-state index in [1.165, 1.54) is 0 Å². The van der Waals surface area contributed by atoms with Crippen molar-refractivity contribution >= 4 is 5.91 Å². The van der Waals surface area contributed by atoms with Gasteiger partial charge in [0.05, 0.1) is 6.42 Å². The topological polar surface area (TPSA) is 61.8 Å². The van der Waals surface area contributed by atoms with Crippen LogP contribution in [0.25, 0.3) is 0 Å². The third kappa shape index (κ3) is 3.95. The highest BCUT2D eigenvalue weighted by atomic mass is 16.5. The zero-order valence-corrected chi connectivity index (χ0v) is 12.8. The van der Waals surface area contributed by atoms with E-state index in [0.29, 0.717) is 12.1 Å². The number of phenolic OH excluding ortho intramolecular Hbond substituents is 1. The third-order valence-corrected chi connectivity index (χ3v) is 4.33. The summed E-state index contributed by atoms with van der Waals surface area (Å²) in [5.41, 5.74) is 0.619. The molecule has 116 valence electrons. The Balaban J connectivity index is 1.92. The molecule has 1 saturated heterocycles. The van der Waals surface area contributed by atoms with Gasteiger partial charge in [0.2, 0.25) is 5.91 Å². The van der Waals surface area contributed by atoms with Crippen LogP contribution in [0.3, 0.4) is 0 Å². The van der Waals surface area contributed by atoms with Gasteiger partial charge < -0.3 is 20.1 Å². The molecule has 0 atom stereocenters. The van der Waals surface area contributed by atoms with Crippen molar-refractivity contribution < 1.29 is 14.6 Å². The van der Waals surface area contributed by atoms with Gasteiger partial charge in [-0.2, -0.15) is 0 Å². The van der Waals surface area contributed by atoms with Crippen molar-refractivity contribution in [1.29, 1.82) is 0 Å². The maximum atomic E-state index is 12.1. The molecule has 21 heavy (non-hydrogen) atoms. The van der Waals surface area contributed by atoms with E-state index in [2.05, 4.69) is 10.2 Å². The van der Waals surface area contributed by atoms with E-state index in [-0.39, 0.29) is 23.6 Å². The van der Waals surface area contributed by atoms with E-state index < -0.39 is 0 Å². The summed E-state index contributed by atoms with van der Waals surface area (Å²) in [5, 5.41) is 12.7. The minimum Gasteiger partial charge on any atom is -0.508 e. The fourth-order valence-electron chi connectivity index (χ4n) is 2.69. The Morgan fingerprint density at radius 2 is 2.00 bits per heavy atom. The zero-order valence-electron chi connectivity index (χ0n) is 12.8. The molecule has 1 aromatic carbocycles. The Hall–Kier alpha value is -1.59. The van der Waals surface area contributed by atoms with E-state index in [4.69, 9.17) is 4.74 Å². The van der Waals surface area contributed by atoms with Gasteiger partial charge >= 0.3 is 0 Å². The molecule has 1 aliphatic rings. The van der Waals surface area contributed by atoms with Gasteiger partial charge in [0, 0.05) is 30.9 Å². The standard InChI is InChI=1S/C16H24N2O3/c1-18(2)16(7-9-21-10-8-16)12-17-15(20)11-13-5-3-4-6-14(13)19/h3-6,19H,7-12H2,1-2H3,(H,17,20). The van der Waals surface area contributed by atoms with Crippen LogP contribution in [0.4, 0.5) is 0 Å². The number of carbonyl (C=O) groups is 1. The third-order valence-electron chi connectivity index (χ3n) is 4.33. The van der Waals surface area contributed by atoms with E-state index >= 15 is 0 Å². The number of hydrogen-bond donors (Lipinski definition) is 2. The molecule has 1 aliphatic heterocycles. The SMILES string of the molecule is CN(C)C1(CNC(=O)Cc2ccccc2O)CCOCC1. The molecule has 0 aromatic heterocycles. The van der Waals surface area contributed by atoms with Gasteiger partial charge in [0.1, 0.15) is 5.75 Å². The molecule has 0 spiro atoms. The van der Waals surface area contributed by atoms with Gasteiger partial charge in [-0.05, 0) is 33.0 Å². The van der Waals surface area contributed by atoms with Crippen LogP contribution in [0, 0.1) is 0 Å². The molecule has 0 aliphatic carbocycles. The molecular formula is C16H24N2O3. The maximum absolute atomic E-state index is 12.1. The largest absolute Gasteiger partial charge is 0.508 e. The molecule has 1 fully saturated rings. The van der Waals surface area contributed by atoms with Crippen LogP contribution in [0.15, 0.2) is 24.3 Å². The number of carbonyl (C=O) groups excluding carboxylic acids is 1. The highest BCUT2D eigenvalue weighted by Gasteiger charge is 2.35. The van der Waals surface area contributed by atoms with Gasteiger partial charge in [0.25, 0.3) is 0 Å². The second kappa shape index (κ2) is 6.91. The van der Waals surface area contributed by atoms with Gasteiger partial charge in [-0.3, -0.25) is 4.79 Å². The van der Waals surface area contributed by atoms with Crippen LogP contribution in [-0.4, -0.2) is 55.3 Å². The number of amides is 1. The summed E-state index contributed by atoms with van der Waals surface area (Å²) in [4.78, 5) is 14.3. The zero-order chi connectivity index (χ0) is 15.3. The lowest BCUT2D eigenvalue weighted by Gasteiger charge is -2.42. The van der Waals surface area contributed by atoms with Gasteiger partial charge in [-0.1, -0.05) is 18.2 Å². The molecular weight excluding hydrogens is 268 g/mol. The minimum atomic E-state index is -0.0655. The van der Waals surface area contributed by atoms with Crippen LogP contribution in [0.5, 0.6) is 5.75 Å². The summed E-state index contributed by atoms with van der Waals surface area (Å²) in [5.74, 6) is 0.102. The molecule has 0 unspecified atom stereocenters. The molecule has 2 N–H and O–H groups in total. The molecule has 5 nitrogen and oxygen atoms in total.